The van der Waals surface area contributed by atoms with Crippen molar-refractivity contribution in [1.82, 2.24) is 14.9 Å². The lowest BCUT2D eigenvalue weighted by Crippen LogP contribution is -2.28. The number of aryl methyl sites for hydroxylation is 2. The molecule has 1 aromatic heterocycles. The highest BCUT2D eigenvalue weighted by Crippen LogP contribution is 2.22. The third-order valence-corrected chi connectivity index (χ3v) is 4.66. The van der Waals surface area contributed by atoms with Gasteiger partial charge in [-0.1, -0.05) is 43.7 Å². The topological polar surface area (TPSA) is 46.9 Å². The van der Waals surface area contributed by atoms with Crippen LogP contribution in [0.5, 0.6) is 0 Å². The lowest BCUT2D eigenvalue weighted by Gasteiger charge is -2.17. The average Bonchev–Trinajstić information content (AvgIpc) is 2.99. The van der Waals surface area contributed by atoms with Gasteiger partial charge in [0.25, 0.3) is 5.91 Å². The number of benzene rings is 2. The minimum atomic E-state index is -0.164. The standard InChI is InChI=1S/C22H27N3O/c1-15(2)13-14-25-20-8-6-5-7-19(20)24-21(25)17(4)23-22(26)18-11-9-16(3)10-12-18/h5-12,15,17H,13-14H2,1-4H3,(H,23,26). The third kappa shape index (κ3) is 3.96. The SMILES string of the molecule is Cc1ccc(C(=O)NC(C)c2nc3ccccc3n2CCC(C)C)cc1. The van der Waals surface area contributed by atoms with Crippen molar-refractivity contribution in [2.75, 3.05) is 0 Å². The van der Waals surface area contributed by atoms with Crippen molar-refractivity contribution in [3.05, 3.63) is 65.5 Å². The van der Waals surface area contributed by atoms with Crippen molar-refractivity contribution in [3.63, 3.8) is 0 Å². The summed E-state index contributed by atoms with van der Waals surface area (Å²) in [5.74, 6) is 1.45. The summed E-state index contributed by atoms with van der Waals surface area (Å²) in [6.45, 7) is 9.36. The number of carbonyl (C=O) groups excluding carboxylic acids is 1. The van der Waals surface area contributed by atoms with Gasteiger partial charge in [0.15, 0.2) is 0 Å². The van der Waals surface area contributed by atoms with Gasteiger partial charge in [-0.25, -0.2) is 4.98 Å². The van der Waals surface area contributed by atoms with Crippen molar-refractivity contribution in [1.29, 1.82) is 0 Å². The van der Waals surface area contributed by atoms with Crippen LogP contribution in [-0.4, -0.2) is 15.5 Å². The van der Waals surface area contributed by atoms with Gasteiger partial charge in [-0.15, -0.1) is 0 Å². The van der Waals surface area contributed by atoms with E-state index in [1.54, 1.807) is 0 Å². The molecule has 0 saturated carbocycles. The number of nitrogens with zero attached hydrogens (tertiary/aromatic N) is 2. The zero-order valence-electron chi connectivity index (χ0n) is 16.0. The van der Waals surface area contributed by atoms with Crippen LogP contribution in [0.15, 0.2) is 48.5 Å². The minimum Gasteiger partial charge on any atom is -0.342 e. The number of aromatic nitrogens is 2. The Morgan fingerprint density at radius 3 is 2.46 bits per heavy atom. The van der Waals surface area contributed by atoms with Crippen LogP contribution in [0, 0.1) is 12.8 Å². The molecule has 0 aliphatic rings. The van der Waals surface area contributed by atoms with Gasteiger partial charge >= 0.3 is 0 Å². The Hall–Kier alpha value is -2.62. The molecule has 2 aromatic carbocycles. The van der Waals surface area contributed by atoms with Crippen LogP contribution >= 0.6 is 0 Å². The fourth-order valence-corrected chi connectivity index (χ4v) is 3.10. The minimum absolute atomic E-state index is 0.0695. The summed E-state index contributed by atoms with van der Waals surface area (Å²) >= 11 is 0. The summed E-state index contributed by atoms with van der Waals surface area (Å²) in [6.07, 6.45) is 1.08. The van der Waals surface area contributed by atoms with Gasteiger partial charge in [0.2, 0.25) is 0 Å². The Labute approximate surface area is 155 Å². The van der Waals surface area contributed by atoms with Crippen LogP contribution in [0.25, 0.3) is 11.0 Å². The molecule has 0 saturated heterocycles. The summed E-state index contributed by atoms with van der Waals surface area (Å²) in [4.78, 5) is 17.4. The van der Waals surface area contributed by atoms with Crippen molar-refractivity contribution in [2.24, 2.45) is 5.92 Å². The second kappa shape index (κ2) is 7.73. The zero-order chi connectivity index (χ0) is 18.7. The smallest absolute Gasteiger partial charge is 0.251 e. The van der Waals surface area contributed by atoms with Crippen LogP contribution in [0.4, 0.5) is 0 Å². The maximum Gasteiger partial charge on any atom is 0.251 e. The summed E-state index contributed by atoms with van der Waals surface area (Å²) in [5.41, 5.74) is 3.92. The predicted molar refractivity (Wildman–Crippen MR) is 106 cm³/mol. The van der Waals surface area contributed by atoms with Crippen LogP contribution in [-0.2, 0) is 6.54 Å². The molecule has 26 heavy (non-hydrogen) atoms. The Kier molecular flexibility index (Phi) is 5.40. The van der Waals surface area contributed by atoms with E-state index in [0.717, 1.165) is 35.4 Å². The Balaban J connectivity index is 1.86. The monoisotopic (exact) mass is 349 g/mol. The first-order chi connectivity index (χ1) is 12.5. The summed E-state index contributed by atoms with van der Waals surface area (Å²) in [5, 5.41) is 3.10. The van der Waals surface area contributed by atoms with Crippen molar-refractivity contribution in [2.45, 2.75) is 46.7 Å². The third-order valence-electron chi connectivity index (χ3n) is 4.66. The van der Waals surface area contributed by atoms with E-state index in [9.17, 15) is 4.79 Å². The maximum absolute atomic E-state index is 12.6. The molecule has 0 aliphatic heterocycles. The number of fused-ring (bicyclic) bond motifs is 1. The second-order valence-corrected chi connectivity index (χ2v) is 7.35. The number of nitrogens with one attached hydrogen (secondary N) is 1. The highest BCUT2D eigenvalue weighted by atomic mass is 16.1. The van der Waals surface area contributed by atoms with Gasteiger partial charge in [0.1, 0.15) is 5.82 Å². The lowest BCUT2D eigenvalue weighted by atomic mass is 10.1. The van der Waals surface area contributed by atoms with Crippen LogP contribution in [0.1, 0.15) is 55.0 Å². The second-order valence-electron chi connectivity index (χ2n) is 7.35. The quantitative estimate of drug-likeness (QED) is 0.689. The molecule has 0 aliphatic carbocycles. The first-order valence-corrected chi connectivity index (χ1v) is 9.28. The molecule has 1 amide bonds. The maximum atomic E-state index is 12.6. The van der Waals surface area contributed by atoms with E-state index in [-0.39, 0.29) is 11.9 Å². The molecule has 0 fully saturated rings. The molecular formula is C22H27N3O. The molecule has 1 N–H and O–H groups in total. The molecule has 136 valence electrons. The molecule has 4 nitrogen and oxygen atoms in total. The van der Waals surface area contributed by atoms with Crippen LogP contribution in [0.3, 0.4) is 0 Å². The van der Waals surface area contributed by atoms with Crippen molar-refractivity contribution >= 4 is 16.9 Å². The number of para-hydroxylation sites is 2. The molecule has 0 bridgehead atoms. The largest absolute Gasteiger partial charge is 0.342 e. The first-order valence-electron chi connectivity index (χ1n) is 9.28. The van der Waals surface area contributed by atoms with E-state index in [1.807, 2.05) is 56.3 Å². The first kappa shape index (κ1) is 18.2. The number of hydrogen-bond acceptors (Lipinski definition) is 2. The number of imidazole rings is 1. The Morgan fingerprint density at radius 2 is 1.77 bits per heavy atom. The lowest BCUT2D eigenvalue weighted by molar-refractivity contribution is 0.0937. The fraction of sp³-hybridized carbons (Fsp3) is 0.364. The molecule has 3 aromatic rings. The van der Waals surface area contributed by atoms with E-state index < -0.39 is 0 Å². The van der Waals surface area contributed by atoms with Gasteiger partial charge in [0, 0.05) is 12.1 Å². The van der Waals surface area contributed by atoms with Gasteiger partial charge < -0.3 is 9.88 Å². The summed E-state index contributed by atoms with van der Waals surface area (Å²) in [7, 11) is 0. The van der Waals surface area contributed by atoms with Gasteiger partial charge in [0.05, 0.1) is 17.1 Å². The van der Waals surface area contributed by atoms with E-state index in [0.29, 0.717) is 11.5 Å². The highest BCUT2D eigenvalue weighted by Gasteiger charge is 2.19. The van der Waals surface area contributed by atoms with Gasteiger partial charge in [-0.2, -0.15) is 0 Å². The molecule has 0 spiro atoms. The molecule has 1 unspecified atom stereocenters. The Morgan fingerprint density at radius 1 is 1.08 bits per heavy atom. The zero-order valence-corrected chi connectivity index (χ0v) is 16.0. The van der Waals surface area contributed by atoms with Crippen molar-refractivity contribution in [3.8, 4) is 0 Å². The number of amides is 1. The highest BCUT2D eigenvalue weighted by molar-refractivity contribution is 5.94. The molecule has 0 radical (unpaired) electrons. The van der Waals surface area contributed by atoms with E-state index in [4.69, 9.17) is 4.98 Å². The molecule has 3 rings (SSSR count). The molecular weight excluding hydrogens is 322 g/mol. The fourth-order valence-electron chi connectivity index (χ4n) is 3.10. The van der Waals surface area contributed by atoms with Crippen molar-refractivity contribution < 1.29 is 4.79 Å². The number of carbonyl (C=O) groups is 1. The van der Waals surface area contributed by atoms with E-state index >= 15 is 0 Å². The normalized spacial score (nSPS) is 12.5. The molecule has 4 heteroatoms. The summed E-state index contributed by atoms with van der Waals surface area (Å²) in [6, 6.07) is 15.6. The summed E-state index contributed by atoms with van der Waals surface area (Å²) < 4.78 is 2.25. The molecule has 1 heterocycles. The van der Waals surface area contributed by atoms with E-state index in [1.165, 1.54) is 0 Å². The van der Waals surface area contributed by atoms with Crippen LogP contribution in [0.2, 0.25) is 0 Å². The average molecular weight is 349 g/mol. The predicted octanol–water partition coefficient (Wildman–Crippen LogP) is 4.88. The Bertz CT molecular complexity index is 893. The van der Waals surface area contributed by atoms with E-state index in [2.05, 4.69) is 29.8 Å². The van der Waals surface area contributed by atoms with Gasteiger partial charge in [-0.3, -0.25) is 4.79 Å². The number of rotatable bonds is 6. The van der Waals surface area contributed by atoms with Crippen LogP contribution < -0.4 is 5.32 Å². The molecule has 1 atom stereocenters. The number of hydrogen-bond donors (Lipinski definition) is 1. The van der Waals surface area contributed by atoms with Gasteiger partial charge in [-0.05, 0) is 50.5 Å².